The Labute approximate surface area is 245 Å². The number of hydrogen-bond donors (Lipinski definition) is 2. The average molecular weight is 576 g/mol. The fourth-order valence-electron chi connectivity index (χ4n) is 5.98. The summed E-state index contributed by atoms with van der Waals surface area (Å²) >= 11 is 0. The van der Waals surface area contributed by atoms with Crippen molar-refractivity contribution in [3.63, 3.8) is 0 Å². The molecule has 6 rings (SSSR count). The number of rotatable bonds is 10. The Morgan fingerprint density at radius 2 is 1.88 bits per heavy atom. The van der Waals surface area contributed by atoms with Crippen LogP contribution in [0.25, 0.3) is 32.8 Å². The van der Waals surface area contributed by atoms with Gasteiger partial charge in [0.2, 0.25) is 0 Å². The van der Waals surface area contributed by atoms with E-state index in [1.165, 1.54) is 0 Å². The summed E-state index contributed by atoms with van der Waals surface area (Å²) in [6, 6.07) is 13.6. The molecule has 2 fully saturated rings. The zero-order valence-electron chi connectivity index (χ0n) is 24.5. The van der Waals surface area contributed by atoms with Gasteiger partial charge in [0.25, 0.3) is 0 Å². The molecule has 9 heteroatoms. The predicted molar refractivity (Wildman–Crippen MR) is 161 cm³/mol. The highest BCUT2D eigenvalue weighted by molar-refractivity contribution is 6.03. The van der Waals surface area contributed by atoms with Crippen molar-refractivity contribution in [2.45, 2.75) is 51.6 Å². The van der Waals surface area contributed by atoms with E-state index in [0.717, 1.165) is 42.0 Å². The van der Waals surface area contributed by atoms with Crippen LogP contribution in [0, 0.1) is 11.2 Å². The molecule has 0 radical (unpaired) electrons. The highest BCUT2D eigenvalue weighted by Gasteiger charge is 2.43. The van der Waals surface area contributed by atoms with Crippen molar-refractivity contribution >= 4 is 27.5 Å². The Bertz CT molecular complexity index is 1620. The molecule has 222 valence electrons. The predicted octanol–water partition coefficient (Wildman–Crippen LogP) is 5.64. The van der Waals surface area contributed by atoms with Crippen molar-refractivity contribution in [2.24, 2.45) is 5.41 Å². The maximum atomic E-state index is 16.8. The zero-order valence-corrected chi connectivity index (χ0v) is 24.5. The van der Waals surface area contributed by atoms with Gasteiger partial charge in [-0.3, -0.25) is 0 Å². The van der Waals surface area contributed by atoms with E-state index in [1.807, 2.05) is 42.2 Å². The number of β-amino-alcohol motifs (C(OH)–C–C–N with tert-alkyl or cyclic N) is 1. The van der Waals surface area contributed by atoms with Gasteiger partial charge in [0.05, 0.1) is 18.8 Å². The van der Waals surface area contributed by atoms with Crippen molar-refractivity contribution in [1.82, 2.24) is 9.97 Å². The molecule has 1 unspecified atom stereocenters. The largest absolute Gasteiger partial charge is 0.468 e. The number of methoxy groups -OCH3 is 1. The molecule has 1 saturated carbocycles. The Balaban J connectivity index is 1.53. The summed E-state index contributed by atoms with van der Waals surface area (Å²) in [7, 11) is 1.56. The Morgan fingerprint density at radius 1 is 1.05 bits per heavy atom. The highest BCUT2D eigenvalue weighted by Crippen LogP contribution is 2.45. The molecule has 1 atom stereocenters. The first-order valence-corrected chi connectivity index (χ1v) is 14.7. The van der Waals surface area contributed by atoms with Gasteiger partial charge in [-0.05, 0) is 79.1 Å². The van der Waals surface area contributed by atoms with E-state index in [4.69, 9.17) is 19.2 Å². The van der Waals surface area contributed by atoms with E-state index < -0.39 is 11.4 Å². The molecule has 42 heavy (non-hydrogen) atoms. The van der Waals surface area contributed by atoms with Crippen molar-refractivity contribution < 1.29 is 28.8 Å². The van der Waals surface area contributed by atoms with Crippen LogP contribution < -0.4 is 14.4 Å². The van der Waals surface area contributed by atoms with Crippen LogP contribution in [-0.2, 0) is 11.2 Å². The van der Waals surface area contributed by atoms with Crippen molar-refractivity contribution in [1.29, 1.82) is 0 Å². The Morgan fingerprint density at radius 3 is 2.60 bits per heavy atom. The quantitative estimate of drug-likeness (QED) is 0.235. The molecule has 0 bridgehead atoms. The smallest absolute Gasteiger partial charge is 0.319 e. The fraction of sp³-hybridized carbons (Fsp3) is 0.455. The molecular weight excluding hydrogens is 537 g/mol. The molecule has 2 heterocycles. The first-order valence-electron chi connectivity index (χ1n) is 14.7. The number of benzene rings is 3. The molecule has 1 aliphatic carbocycles. The van der Waals surface area contributed by atoms with E-state index >= 15 is 4.39 Å². The van der Waals surface area contributed by atoms with Crippen molar-refractivity contribution in [3.05, 3.63) is 53.8 Å². The second kappa shape index (κ2) is 11.3. The van der Waals surface area contributed by atoms with Gasteiger partial charge in [-0.2, -0.15) is 9.97 Å². The number of anilines is 1. The summed E-state index contributed by atoms with van der Waals surface area (Å²) in [5.41, 5.74) is 1.18. The fourth-order valence-corrected chi connectivity index (χ4v) is 5.98. The maximum Gasteiger partial charge on any atom is 0.319 e. The van der Waals surface area contributed by atoms with Crippen LogP contribution in [0.1, 0.15) is 45.1 Å². The SMILES string of the molecule is CCc1cccc2cc(OCOC)cc(-c3ccc4c(N5CCCC(C)(O)C5)nc(OCC5(CO)CC5)nc4c3F)c12. The van der Waals surface area contributed by atoms with Gasteiger partial charge in [0.1, 0.15) is 17.1 Å². The van der Waals surface area contributed by atoms with Crippen LogP contribution in [-0.4, -0.2) is 66.0 Å². The third-order valence-corrected chi connectivity index (χ3v) is 8.59. The van der Waals surface area contributed by atoms with Gasteiger partial charge >= 0.3 is 6.01 Å². The van der Waals surface area contributed by atoms with Crippen molar-refractivity contribution in [3.8, 4) is 22.9 Å². The lowest BCUT2D eigenvalue weighted by molar-refractivity contribution is 0.0447. The first kappa shape index (κ1) is 28.6. The Kier molecular flexibility index (Phi) is 7.68. The molecule has 2 N–H and O–H groups in total. The maximum absolute atomic E-state index is 16.8. The van der Waals surface area contributed by atoms with Crippen LogP contribution in [0.5, 0.6) is 11.8 Å². The van der Waals surface area contributed by atoms with Crippen LogP contribution in [0.3, 0.4) is 0 Å². The number of aromatic nitrogens is 2. The van der Waals surface area contributed by atoms with Gasteiger partial charge in [0.15, 0.2) is 12.6 Å². The summed E-state index contributed by atoms with van der Waals surface area (Å²) in [4.78, 5) is 11.3. The van der Waals surface area contributed by atoms with E-state index in [1.54, 1.807) is 13.2 Å². The van der Waals surface area contributed by atoms with Crippen LogP contribution in [0.4, 0.5) is 10.2 Å². The number of aryl methyl sites for hydroxylation is 1. The number of ether oxygens (including phenoxy) is 3. The molecule has 1 saturated heterocycles. The lowest BCUT2D eigenvalue weighted by Crippen LogP contribution is -2.46. The van der Waals surface area contributed by atoms with Gasteiger partial charge in [-0.15, -0.1) is 0 Å². The molecule has 4 aromatic rings. The standard InChI is InChI=1S/C33H38FN3O5/c1-4-21-7-5-8-22-15-23(42-20-40-3)16-26(27(21)22)24-9-10-25-29(28(24)34)35-31(41-19-33(18-38)12-13-33)36-30(25)37-14-6-11-32(2,39)17-37/h5,7-10,15-16,38-39H,4,6,11-14,17-20H2,1-3H3. The second-order valence-corrected chi connectivity index (χ2v) is 12.0. The van der Waals surface area contributed by atoms with Gasteiger partial charge in [-0.1, -0.05) is 31.2 Å². The molecule has 2 aliphatic rings. The minimum absolute atomic E-state index is 0.0231. The third-order valence-electron chi connectivity index (χ3n) is 8.59. The van der Waals surface area contributed by atoms with Gasteiger partial charge in [0, 0.05) is 36.6 Å². The highest BCUT2D eigenvalue weighted by atomic mass is 19.1. The first-order chi connectivity index (χ1) is 20.3. The molecule has 1 aliphatic heterocycles. The van der Waals surface area contributed by atoms with Crippen LogP contribution in [0.15, 0.2) is 42.5 Å². The number of aliphatic hydroxyl groups is 2. The number of hydrogen-bond acceptors (Lipinski definition) is 8. The number of aliphatic hydroxyl groups excluding tert-OH is 1. The lowest BCUT2D eigenvalue weighted by Gasteiger charge is -2.38. The molecule has 1 aromatic heterocycles. The number of piperidine rings is 1. The summed E-state index contributed by atoms with van der Waals surface area (Å²) < 4.78 is 33.8. The third kappa shape index (κ3) is 5.48. The summed E-state index contributed by atoms with van der Waals surface area (Å²) in [6.45, 7) is 5.30. The topological polar surface area (TPSA) is 97.2 Å². The number of halogens is 1. The molecular formula is C33H38FN3O5. The van der Waals surface area contributed by atoms with Crippen molar-refractivity contribution in [2.75, 3.05) is 45.1 Å². The minimum Gasteiger partial charge on any atom is -0.468 e. The monoisotopic (exact) mass is 575 g/mol. The number of fused-ring (bicyclic) bond motifs is 2. The molecule has 0 spiro atoms. The van der Waals surface area contributed by atoms with E-state index in [0.29, 0.717) is 47.6 Å². The summed E-state index contributed by atoms with van der Waals surface area (Å²) in [6.07, 6.45) is 3.98. The summed E-state index contributed by atoms with van der Waals surface area (Å²) in [5, 5.41) is 23.1. The number of nitrogens with zero attached hydrogens (tertiary/aromatic N) is 3. The van der Waals surface area contributed by atoms with Gasteiger partial charge in [-0.25, -0.2) is 4.39 Å². The molecule has 0 amide bonds. The molecule has 3 aromatic carbocycles. The second-order valence-electron chi connectivity index (χ2n) is 12.0. The van der Waals surface area contributed by atoms with E-state index in [2.05, 4.69) is 18.0 Å². The average Bonchev–Trinajstić information content (AvgIpc) is 3.78. The molecule has 8 nitrogen and oxygen atoms in total. The van der Waals surface area contributed by atoms with Crippen LogP contribution in [0.2, 0.25) is 0 Å². The van der Waals surface area contributed by atoms with E-state index in [9.17, 15) is 10.2 Å². The minimum atomic E-state index is -0.887. The Hall–Kier alpha value is -3.53. The summed E-state index contributed by atoms with van der Waals surface area (Å²) in [5.74, 6) is 0.628. The van der Waals surface area contributed by atoms with E-state index in [-0.39, 0.29) is 36.9 Å². The van der Waals surface area contributed by atoms with Crippen LogP contribution >= 0.6 is 0 Å². The van der Waals surface area contributed by atoms with Gasteiger partial charge < -0.3 is 29.3 Å². The normalized spacial score (nSPS) is 19.8. The zero-order chi connectivity index (χ0) is 29.5. The lowest BCUT2D eigenvalue weighted by atomic mass is 9.92.